The van der Waals surface area contributed by atoms with E-state index >= 15 is 0 Å². The second kappa shape index (κ2) is 6.08. The van der Waals surface area contributed by atoms with Gasteiger partial charge < -0.3 is 10.1 Å². The van der Waals surface area contributed by atoms with Gasteiger partial charge in [-0.3, -0.25) is 18.7 Å². The van der Waals surface area contributed by atoms with E-state index in [1.807, 2.05) is 18.2 Å². The fraction of sp³-hybridized carbons (Fsp3) is 0.0588. The molecule has 124 valence electrons. The Kier molecular flexibility index (Phi) is 3.62. The number of methoxy groups -OCH3 is 1. The fourth-order valence-corrected chi connectivity index (χ4v) is 2.54. The van der Waals surface area contributed by atoms with Crippen LogP contribution in [0, 0.1) is 0 Å². The van der Waals surface area contributed by atoms with Crippen molar-refractivity contribution in [2.24, 2.45) is 0 Å². The highest BCUT2D eigenvalue weighted by molar-refractivity contribution is 6.03. The Morgan fingerprint density at radius 1 is 1.20 bits per heavy atom. The molecule has 0 unspecified atom stereocenters. The number of nitrogens with zero attached hydrogens (tertiary/aromatic N) is 5. The number of aromatic nitrogens is 5. The summed E-state index contributed by atoms with van der Waals surface area (Å²) in [6.45, 7) is 0. The Morgan fingerprint density at radius 2 is 2.12 bits per heavy atom. The molecule has 0 spiro atoms. The molecule has 4 aromatic heterocycles. The molecule has 4 rings (SSSR count). The Balaban J connectivity index is 1.74. The van der Waals surface area contributed by atoms with Gasteiger partial charge in [-0.1, -0.05) is 6.07 Å². The van der Waals surface area contributed by atoms with Gasteiger partial charge in [0.1, 0.15) is 12.1 Å². The second-order valence-corrected chi connectivity index (χ2v) is 5.25. The maximum atomic E-state index is 12.7. The van der Waals surface area contributed by atoms with Crippen molar-refractivity contribution in [1.29, 1.82) is 0 Å². The van der Waals surface area contributed by atoms with Crippen molar-refractivity contribution in [1.82, 2.24) is 23.9 Å². The minimum absolute atomic E-state index is 0.266. The summed E-state index contributed by atoms with van der Waals surface area (Å²) in [5.41, 5.74) is 1.33. The first-order valence-corrected chi connectivity index (χ1v) is 7.52. The first-order chi connectivity index (χ1) is 12.3. The van der Waals surface area contributed by atoms with E-state index in [9.17, 15) is 4.79 Å². The van der Waals surface area contributed by atoms with Gasteiger partial charge in [0.15, 0.2) is 5.82 Å². The van der Waals surface area contributed by atoms with Crippen LogP contribution in [0.25, 0.3) is 11.3 Å². The predicted octanol–water partition coefficient (Wildman–Crippen LogP) is 2.18. The first kappa shape index (κ1) is 14.9. The molecule has 1 amide bonds. The number of amides is 1. The van der Waals surface area contributed by atoms with E-state index in [0.29, 0.717) is 17.3 Å². The lowest BCUT2D eigenvalue weighted by Crippen LogP contribution is -2.15. The minimum Gasteiger partial charge on any atom is -0.495 e. The lowest BCUT2D eigenvalue weighted by atomic mass is 10.4. The molecule has 8 heteroatoms. The van der Waals surface area contributed by atoms with Gasteiger partial charge in [0.05, 0.1) is 30.7 Å². The Labute approximate surface area is 142 Å². The summed E-state index contributed by atoms with van der Waals surface area (Å²) >= 11 is 0. The van der Waals surface area contributed by atoms with Crippen LogP contribution in [0.15, 0.2) is 61.6 Å². The topological polar surface area (TPSA) is 86.3 Å². The summed E-state index contributed by atoms with van der Waals surface area (Å²) in [7, 11) is 1.54. The van der Waals surface area contributed by atoms with Crippen molar-refractivity contribution in [2.75, 3.05) is 12.4 Å². The third-order valence-corrected chi connectivity index (χ3v) is 3.69. The lowest BCUT2D eigenvalue weighted by molar-refractivity contribution is 0.101. The quantitative estimate of drug-likeness (QED) is 0.618. The molecule has 0 aliphatic carbocycles. The van der Waals surface area contributed by atoms with Crippen LogP contribution in [0.5, 0.6) is 5.75 Å². The number of hydrogen-bond acceptors (Lipinski definition) is 5. The van der Waals surface area contributed by atoms with Crippen LogP contribution >= 0.6 is 0 Å². The van der Waals surface area contributed by atoms with Gasteiger partial charge in [0.2, 0.25) is 5.82 Å². The average molecular weight is 334 g/mol. The first-order valence-electron chi connectivity index (χ1n) is 7.52. The zero-order valence-corrected chi connectivity index (χ0v) is 13.3. The van der Waals surface area contributed by atoms with E-state index in [1.54, 1.807) is 59.5 Å². The average Bonchev–Trinajstić information content (AvgIpc) is 3.29. The van der Waals surface area contributed by atoms with Gasteiger partial charge >= 0.3 is 0 Å². The van der Waals surface area contributed by atoms with E-state index in [0.717, 1.165) is 5.52 Å². The summed E-state index contributed by atoms with van der Waals surface area (Å²) in [5, 5.41) is 2.79. The van der Waals surface area contributed by atoms with Crippen LogP contribution < -0.4 is 10.1 Å². The van der Waals surface area contributed by atoms with Crippen LogP contribution in [-0.2, 0) is 0 Å². The maximum Gasteiger partial charge on any atom is 0.292 e. The molecule has 4 heterocycles. The van der Waals surface area contributed by atoms with Crippen LogP contribution in [0.3, 0.4) is 0 Å². The van der Waals surface area contributed by atoms with Crippen molar-refractivity contribution >= 4 is 17.1 Å². The third kappa shape index (κ3) is 2.69. The molecule has 25 heavy (non-hydrogen) atoms. The molecule has 8 nitrogen and oxygen atoms in total. The zero-order valence-electron chi connectivity index (χ0n) is 13.3. The minimum atomic E-state index is -0.345. The highest BCUT2D eigenvalue weighted by Gasteiger charge is 2.18. The Hall–Kier alpha value is -3.68. The van der Waals surface area contributed by atoms with Crippen molar-refractivity contribution < 1.29 is 9.53 Å². The zero-order chi connectivity index (χ0) is 17.2. The molecule has 4 aromatic rings. The number of carbonyl (C=O) groups is 1. The molecule has 1 N–H and O–H groups in total. The molecule has 0 aliphatic heterocycles. The summed E-state index contributed by atoms with van der Waals surface area (Å²) in [5.74, 6) is 1.11. The molecule has 0 fully saturated rings. The van der Waals surface area contributed by atoms with Gasteiger partial charge in [-0.15, -0.1) is 0 Å². The fourth-order valence-electron chi connectivity index (χ4n) is 2.54. The smallest absolute Gasteiger partial charge is 0.292 e. The standard InChI is InChI=1S/C17H14N6O2/c1-25-13-8-12(9-19-10-13)20-17(24)16-21-15(22-7-5-18-11-22)14-4-2-3-6-23(14)16/h2-11H,1H3,(H,20,24). The number of imidazole rings is 2. The highest BCUT2D eigenvalue weighted by Crippen LogP contribution is 2.19. The monoisotopic (exact) mass is 334 g/mol. The van der Waals surface area contributed by atoms with Crippen LogP contribution in [0.2, 0.25) is 0 Å². The van der Waals surface area contributed by atoms with Gasteiger partial charge in [-0.25, -0.2) is 9.97 Å². The largest absolute Gasteiger partial charge is 0.495 e. The molecule has 0 aliphatic rings. The summed E-state index contributed by atoms with van der Waals surface area (Å²) in [4.78, 5) is 25.3. The number of nitrogens with one attached hydrogen (secondary N) is 1. The summed E-state index contributed by atoms with van der Waals surface area (Å²) < 4.78 is 8.62. The molecule has 0 radical (unpaired) electrons. The van der Waals surface area contributed by atoms with E-state index in [-0.39, 0.29) is 11.7 Å². The van der Waals surface area contributed by atoms with Crippen molar-refractivity contribution in [3.8, 4) is 11.6 Å². The molecule has 0 atom stereocenters. The lowest BCUT2D eigenvalue weighted by Gasteiger charge is -2.05. The Bertz CT molecular complexity index is 1040. The summed E-state index contributed by atoms with van der Waals surface area (Å²) in [6.07, 6.45) is 9.99. The normalized spacial score (nSPS) is 10.8. The molecular formula is C17H14N6O2. The van der Waals surface area contributed by atoms with E-state index in [4.69, 9.17) is 4.74 Å². The number of ether oxygens (including phenoxy) is 1. The predicted molar refractivity (Wildman–Crippen MR) is 91.1 cm³/mol. The van der Waals surface area contributed by atoms with Crippen LogP contribution in [0.4, 0.5) is 5.69 Å². The molecule has 0 aromatic carbocycles. The highest BCUT2D eigenvalue weighted by atomic mass is 16.5. The van der Waals surface area contributed by atoms with Gasteiger partial charge in [0, 0.05) is 24.7 Å². The van der Waals surface area contributed by atoms with Gasteiger partial charge in [0.25, 0.3) is 5.91 Å². The van der Waals surface area contributed by atoms with E-state index < -0.39 is 0 Å². The molecule has 0 saturated carbocycles. The number of rotatable bonds is 4. The number of hydrogen-bond donors (Lipinski definition) is 1. The molecular weight excluding hydrogens is 320 g/mol. The van der Waals surface area contributed by atoms with Gasteiger partial charge in [-0.2, -0.15) is 0 Å². The Morgan fingerprint density at radius 3 is 2.92 bits per heavy atom. The van der Waals surface area contributed by atoms with E-state index in [1.165, 1.54) is 0 Å². The van der Waals surface area contributed by atoms with Crippen molar-refractivity contribution in [3.63, 3.8) is 0 Å². The SMILES string of the molecule is COc1cncc(NC(=O)c2nc(-n3ccnc3)c3ccccn23)c1. The third-order valence-electron chi connectivity index (χ3n) is 3.69. The number of carbonyl (C=O) groups excluding carboxylic acids is 1. The number of pyridine rings is 2. The summed E-state index contributed by atoms with van der Waals surface area (Å²) in [6, 6.07) is 7.32. The van der Waals surface area contributed by atoms with Crippen molar-refractivity contribution in [3.05, 3.63) is 67.4 Å². The molecule has 0 bridgehead atoms. The maximum absolute atomic E-state index is 12.7. The van der Waals surface area contributed by atoms with Crippen LogP contribution in [0.1, 0.15) is 10.6 Å². The second-order valence-electron chi connectivity index (χ2n) is 5.25. The van der Waals surface area contributed by atoms with Crippen LogP contribution in [-0.4, -0.2) is 36.9 Å². The molecule has 0 saturated heterocycles. The van der Waals surface area contributed by atoms with Gasteiger partial charge in [-0.05, 0) is 12.1 Å². The van der Waals surface area contributed by atoms with Crippen molar-refractivity contribution in [2.45, 2.75) is 0 Å². The van der Waals surface area contributed by atoms with E-state index in [2.05, 4.69) is 20.3 Å². The number of fused-ring (bicyclic) bond motifs is 1. The number of anilines is 1.